The molecule has 3 rings (SSSR count). The summed E-state index contributed by atoms with van der Waals surface area (Å²) in [6, 6.07) is 8.12. The van der Waals surface area contributed by atoms with Crippen LogP contribution >= 0.6 is 0 Å². The third-order valence-corrected chi connectivity index (χ3v) is 4.04. The molecule has 0 spiro atoms. The van der Waals surface area contributed by atoms with E-state index >= 15 is 0 Å². The van der Waals surface area contributed by atoms with Crippen LogP contribution in [0.3, 0.4) is 0 Å². The SMILES string of the molecule is CCOC1CC(N)C1Nc1nccc2c(OC)cccc12. The Bertz CT molecular complexity index is 630. The highest BCUT2D eigenvalue weighted by Gasteiger charge is 2.39. The molecule has 1 fully saturated rings. The molecule has 2 aromatic rings. The lowest BCUT2D eigenvalue weighted by Gasteiger charge is -2.42. The van der Waals surface area contributed by atoms with E-state index in [9.17, 15) is 0 Å². The van der Waals surface area contributed by atoms with Gasteiger partial charge in [0.05, 0.1) is 19.3 Å². The lowest BCUT2D eigenvalue weighted by Crippen LogP contribution is -2.60. The lowest BCUT2D eigenvalue weighted by atomic mass is 9.83. The predicted molar refractivity (Wildman–Crippen MR) is 83.7 cm³/mol. The first kappa shape index (κ1) is 14.1. The predicted octanol–water partition coefficient (Wildman–Crippen LogP) is 2.16. The molecule has 3 N–H and O–H groups in total. The second kappa shape index (κ2) is 5.87. The molecule has 3 atom stereocenters. The second-order valence-electron chi connectivity index (χ2n) is 5.28. The number of pyridine rings is 1. The Morgan fingerprint density at radius 1 is 1.33 bits per heavy atom. The van der Waals surface area contributed by atoms with Crippen LogP contribution in [0.1, 0.15) is 13.3 Å². The summed E-state index contributed by atoms with van der Waals surface area (Å²) in [6.07, 6.45) is 2.83. The van der Waals surface area contributed by atoms with E-state index in [0.29, 0.717) is 6.61 Å². The standard InChI is InChI=1S/C16H21N3O2/c1-3-21-14-9-12(17)15(14)19-16-11-5-4-6-13(20-2)10(11)7-8-18-16/h4-8,12,14-15H,3,9,17H2,1-2H3,(H,18,19). The van der Waals surface area contributed by atoms with E-state index in [1.807, 2.05) is 31.2 Å². The smallest absolute Gasteiger partial charge is 0.134 e. The highest BCUT2D eigenvalue weighted by atomic mass is 16.5. The van der Waals surface area contributed by atoms with Crippen molar-refractivity contribution >= 4 is 16.6 Å². The highest BCUT2D eigenvalue weighted by Crippen LogP contribution is 2.32. The van der Waals surface area contributed by atoms with Crippen LogP contribution in [-0.2, 0) is 4.74 Å². The van der Waals surface area contributed by atoms with Gasteiger partial charge in [-0.3, -0.25) is 0 Å². The maximum Gasteiger partial charge on any atom is 0.134 e. The second-order valence-corrected chi connectivity index (χ2v) is 5.28. The molecule has 21 heavy (non-hydrogen) atoms. The topological polar surface area (TPSA) is 69.4 Å². The van der Waals surface area contributed by atoms with Crippen molar-refractivity contribution in [3.63, 3.8) is 0 Å². The van der Waals surface area contributed by atoms with Crippen LogP contribution in [0.15, 0.2) is 30.5 Å². The number of aromatic nitrogens is 1. The first-order valence-electron chi connectivity index (χ1n) is 7.30. The Morgan fingerprint density at radius 2 is 2.19 bits per heavy atom. The molecule has 0 saturated heterocycles. The number of hydrogen-bond donors (Lipinski definition) is 2. The normalized spacial score (nSPS) is 24.6. The molecule has 0 aliphatic heterocycles. The summed E-state index contributed by atoms with van der Waals surface area (Å²) in [5.74, 6) is 1.67. The zero-order valence-electron chi connectivity index (χ0n) is 12.4. The van der Waals surface area contributed by atoms with Crippen molar-refractivity contribution in [2.45, 2.75) is 31.5 Å². The minimum Gasteiger partial charge on any atom is -0.496 e. The molecule has 1 heterocycles. The van der Waals surface area contributed by atoms with Gasteiger partial charge in [0.2, 0.25) is 0 Å². The van der Waals surface area contributed by atoms with Gasteiger partial charge in [0.25, 0.3) is 0 Å². The maximum absolute atomic E-state index is 6.10. The number of methoxy groups -OCH3 is 1. The molecule has 0 bridgehead atoms. The van der Waals surface area contributed by atoms with E-state index in [1.54, 1.807) is 13.3 Å². The zero-order chi connectivity index (χ0) is 14.8. The van der Waals surface area contributed by atoms with Crippen molar-refractivity contribution in [1.29, 1.82) is 0 Å². The zero-order valence-corrected chi connectivity index (χ0v) is 12.4. The number of benzene rings is 1. The molecular formula is C16H21N3O2. The summed E-state index contributed by atoms with van der Waals surface area (Å²) in [5, 5.41) is 5.51. The van der Waals surface area contributed by atoms with Crippen molar-refractivity contribution in [2.24, 2.45) is 5.73 Å². The molecule has 1 saturated carbocycles. The Labute approximate surface area is 124 Å². The van der Waals surface area contributed by atoms with Crippen LogP contribution in [0.4, 0.5) is 5.82 Å². The van der Waals surface area contributed by atoms with Crippen LogP contribution in [0.25, 0.3) is 10.8 Å². The van der Waals surface area contributed by atoms with Crippen molar-refractivity contribution in [3.05, 3.63) is 30.5 Å². The number of nitrogens with two attached hydrogens (primary N) is 1. The molecule has 0 amide bonds. The lowest BCUT2D eigenvalue weighted by molar-refractivity contribution is -0.0126. The minimum atomic E-state index is 0.101. The number of fused-ring (bicyclic) bond motifs is 1. The summed E-state index contributed by atoms with van der Waals surface area (Å²) in [7, 11) is 1.68. The fourth-order valence-electron chi connectivity index (χ4n) is 2.86. The van der Waals surface area contributed by atoms with Crippen molar-refractivity contribution in [2.75, 3.05) is 19.0 Å². The van der Waals surface area contributed by atoms with Gasteiger partial charge in [-0.15, -0.1) is 0 Å². The summed E-state index contributed by atoms with van der Waals surface area (Å²) in [4.78, 5) is 4.46. The van der Waals surface area contributed by atoms with Crippen molar-refractivity contribution < 1.29 is 9.47 Å². The number of nitrogens with zero attached hydrogens (tertiary/aromatic N) is 1. The van der Waals surface area contributed by atoms with Gasteiger partial charge in [-0.1, -0.05) is 12.1 Å². The number of rotatable bonds is 5. The number of hydrogen-bond acceptors (Lipinski definition) is 5. The maximum atomic E-state index is 6.10. The Morgan fingerprint density at radius 3 is 2.90 bits per heavy atom. The van der Waals surface area contributed by atoms with Gasteiger partial charge < -0.3 is 20.5 Å². The van der Waals surface area contributed by atoms with E-state index in [1.165, 1.54) is 0 Å². The first-order chi connectivity index (χ1) is 10.2. The molecule has 1 aromatic carbocycles. The molecule has 5 heteroatoms. The largest absolute Gasteiger partial charge is 0.496 e. The molecule has 0 radical (unpaired) electrons. The van der Waals surface area contributed by atoms with Crippen LogP contribution in [0.5, 0.6) is 5.75 Å². The third kappa shape index (κ3) is 2.54. The first-order valence-corrected chi connectivity index (χ1v) is 7.30. The van der Waals surface area contributed by atoms with Crippen LogP contribution in [0, 0.1) is 0 Å². The third-order valence-electron chi connectivity index (χ3n) is 4.04. The summed E-state index contributed by atoms with van der Waals surface area (Å²) >= 11 is 0. The molecule has 3 unspecified atom stereocenters. The Kier molecular flexibility index (Phi) is 3.94. The van der Waals surface area contributed by atoms with Gasteiger partial charge in [-0.2, -0.15) is 0 Å². The quantitative estimate of drug-likeness (QED) is 0.882. The Balaban J connectivity index is 1.90. The number of anilines is 1. The van der Waals surface area contributed by atoms with Crippen LogP contribution in [-0.4, -0.2) is 36.9 Å². The van der Waals surface area contributed by atoms with E-state index in [2.05, 4.69) is 10.3 Å². The van der Waals surface area contributed by atoms with Gasteiger partial charge in [-0.05, 0) is 25.5 Å². The summed E-state index contributed by atoms with van der Waals surface area (Å²) in [5.41, 5.74) is 6.10. The molecule has 1 aliphatic carbocycles. The molecule has 112 valence electrons. The average Bonchev–Trinajstić information content (AvgIpc) is 2.51. The van der Waals surface area contributed by atoms with E-state index in [0.717, 1.165) is 28.8 Å². The Hall–Kier alpha value is -1.85. The van der Waals surface area contributed by atoms with Gasteiger partial charge in [0, 0.05) is 29.6 Å². The molecule has 1 aromatic heterocycles. The monoisotopic (exact) mass is 287 g/mol. The molecule has 5 nitrogen and oxygen atoms in total. The van der Waals surface area contributed by atoms with Crippen LogP contribution in [0.2, 0.25) is 0 Å². The van der Waals surface area contributed by atoms with Gasteiger partial charge in [0.1, 0.15) is 11.6 Å². The number of ether oxygens (including phenoxy) is 2. The van der Waals surface area contributed by atoms with Crippen molar-refractivity contribution in [1.82, 2.24) is 4.98 Å². The number of nitrogens with one attached hydrogen (secondary N) is 1. The summed E-state index contributed by atoms with van der Waals surface area (Å²) < 4.78 is 11.1. The fourth-order valence-corrected chi connectivity index (χ4v) is 2.86. The molecular weight excluding hydrogens is 266 g/mol. The van der Waals surface area contributed by atoms with Crippen molar-refractivity contribution in [3.8, 4) is 5.75 Å². The van der Waals surface area contributed by atoms with E-state index in [-0.39, 0.29) is 18.2 Å². The van der Waals surface area contributed by atoms with E-state index < -0.39 is 0 Å². The average molecular weight is 287 g/mol. The van der Waals surface area contributed by atoms with Gasteiger partial charge >= 0.3 is 0 Å². The summed E-state index contributed by atoms with van der Waals surface area (Å²) in [6.45, 7) is 2.70. The van der Waals surface area contributed by atoms with Crippen LogP contribution < -0.4 is 15.8 Å². The van der Waals surface area contributed by atoms with Gasteiger partial charge in [-0.25, -0.2) is 4.98 Å². The fraction of sp³-hybridized carbons (Fsp3) is 0.438. The van der Waals surface area contributed by atoms with Gasteiger partial charge in [0.15, 0.2) is 0 Å². The minimum absolute atomic E-state index is 0.101. The van der Waals surface area contributed by atoms with E-state index in [4.69, 9.17) is 15.2 Å². The highest BCUT2D eigenvalue weighted by molar-refractivity contribution is 5.95. The molecule has 1 aliphatic rings.